The van der Waals surface area contributed by atoms with Gasteiger partial charge in [0.15, 0.2) is 0 Å². The molecule has 9 nitrogen and oxygen atoms in total. The standard InChI is InChI=1S/C28H39NO8/c1-4-6-24(30)35-16-23-25(31)26(32)27(33)28(37-23)36-22-14-29(20-11-12-34-15-20)17(3)21(22)13-19-9-7-18(5-2)8-10-19/h7-10,14,20,23,25-28,31-33H,4-6,11-13,15-16H2,1-3H3/t20?,23-,25-,26+,27-,28-/m1/s1. The van der Waals surface area contributed by atoms with Gasteiger partial charge in [0.25, 0.3) is 0 Å². The third-order valence-electron chi connectivity index (χ3n) is 7.26. The molecule has 1 unspecified atom stereocenters. The molecule has 0 amide bonds. The molecule has 2 saturated heterocycles. The van der Waals surface area contributed by atoms with Crippen LogP contribution in [0.4, 0.5) is 0 Å². The first-order chi connectivity index (χ1) is 17.8. The number of nitrogens with zero attached hydrogens (tertiary/aromatic N) is 1. The normalized spacial score (nSPS) is 27.8. The molecule has 2 aliphatic heterocycles. The molecule has 3 heterocycles. The highest BCUT2D eigenvalue weighted by Crippen LogP contribution is 2.35. The summed E-state index contributed by atoms with van der Waals surface area (Å²) in [6.45, 7) is 7.07. The van der Waals surface area contributed by atoms with Crippen molar-refractivity contribution < 1.29 is 39.1 Å². The van der Waals surface area contributed by atoms with Crippen molar-refractivity contribution in [2.24, 2.45) is 0 Å². The zero-order valence-corrected chi connectivity index (χ0v) is 21.8. The monoisotopic (exact) mass is 517 g/mol. The summed E-state index contributed by atoms with van der Waals surface area (Å²) in [5, 5.41) is 31.6. The van der Waals surface area contributed by atoms with Crippen molar-refractivity contribution in [1.29, 1.82) is 0 Å². The lowest BCUT2D eigenvalue weighted by Gasteiger charge is -2.39. The molecule has 3 N–H and O–H groups in total. The van der Waals surface area contributed by atoms with Crippen LogP contribution in [0.15, 0.2) is 30.5 Å². The number of carbonyl (C=O) groups is 1. The van der Waals surface area contributed by atoms with Gasteiger partial charge in [-0.05, 0) is 37.3 Å². The molecular formula is C28H39NO8. The van der Waals surface area contributed by atoms with Gasteiger partial charge in [0.05, 0.1) is 12.6 Å². The van der Waals surface area contributed by atoms with E-state index >= 15 is 0 Å². The summed E-state index contributed by atoms with van der Waals surface area (Å²) >= 11 is 0. The van der Waals surface area contributed by atoms with Gasteiger partial charge in [0.1, 0.15) is 36.8 Å². The fourth-order valence-electron chi connectivity index (χ4n) is 4.90. The summed E-state index contributed by atoms with van der Waals surface area (Å²) in [5.74, 6) is 0.109. The first-order valence-corrected chi connectivity index (χ1v) is 13.2. The summed E-state index contributed by atoms with van der Waals surface area (Å²) < 4.78 is 25.0. The fourth-order valence-corrected chi connectivity index (χ4v) is 4.90. The number of aryl methyl sites for hydroxylation is 1. The first-order valence-electron chi connectivity index (χ1n) is 13.2. The Balaban J connectivity index is 1.57. The fraction of sp³-hybridized carbons (Fsp3) is 0.607. The number of aromatic nitrogens is 1. The van der Waals surface area contributed by atoms with Crippen LogP contribution in [0.3, 0.4) is 0 Å². The van der Waals surface area contributed by atoms with Gasteiger partial charge < -0.3 is 38.8 Å². The van der Waals surface area contributed by atoms with E-state index in [4.69, 9.17) is 18.9 Å². The molecule has 0 spiro atoms. The van der Waals surface area contributed by atoms with E-state index in [1.165, 1.54) is 5.56 Å². The number of hydrogen-bond acceptors (Lipinski definition) is 8. The average Bonchev–Trinajstić information content (AvgIpc) is 3.53. The molecular weight excluding hydrogens is 478 g/mol. The predicted octanol–water partition coefficient (Wildman–Crippen LogP) is 2.44. The van der Waals surface area contributed by atoms with Crippen LogP contribution in [0, 0.1) is 6.92 Å². The summed E-state index contributed by atoms with van der Waals surface area (Å²) in [5.41, 5.74) is 4.35. The molecule has 2 fully saturated rings. The number of ether oxygens (including phenoxy) is 4. The molecule has 2 aromatic rings. The van der Waals surface area contributed by atoms with Gasteiger partial charge in [-0.1, -0.05) is 38.1 Å². The average molecular weight is 518 g/mol. The molecule has 37 heavy (non-hydrogen) atoms. The number of esters is 1. The van der Waals surface area contributed by atoms with Gasteiger partial charge in [-0.3, -0.25) is 4.79 Å². The second-order valence-electron chi connectivity index (χ2n) is 9.89. The van der Waals surface area contributed by atoms with Crippen LogP contribution >= 0.6 is 0 Å². The molecule has 0 saturated carbocycles. The van der Waals surface area contributed by atoms with Crippen LogP contribution in [0.2, 0.25) is 0 Å². The van der Waals surface area contributed by atoms with Crippen molar-refractivity contribution in [3.8, 4) is 5.75 Å². The molecule has 0 radical (unpaired) electrons. The van der Waals surface area contributed by atoms with Gasteiger partial charge in [-0.2, -0.15) is 0 Å². The van der Waals surface area contributed by atoms with Crippen molar-refractivity contribution in [2.45, 2.75) is 89.6 Å². The van der Waals surface area contributed by atoms with Gasteiger partial charge in [-0.15, -0.1) is 0 Å². The highest BCUT2D eigenvalue weighted by atomic mass is 16.7. The molecule has 204 valence electrons. The smallest absolute Gasteiger partial charge is 0.305 e. The minimum absolute atomic E-state index is 0.175. The highest BCUT2D eigenvalue weighted by Gasteiger charge is 2.46. The largest absolute Gasteiger partial charge is 0.463 e. The molecule has 2 aliphatic rings. The maximum Gasteiger partial charge on any atom is 0.305 e. The molecule has 0 aliphatic carbocycles. The zero-order chi connectivity index (χ0) is 26.5. The summed E-state index contributed by atoms with van der Waals surface area (Å²) in [6, 6.07) is 8.61. The van der Waals surface area contributed by atoms with Gasteiger partial charge in [0, 0.05) is 36.9 Å². The summed E-state index contributed by atoms with van der Waals surface area (Å²) in [7, 11) is 0. The number of rotatable bonds is 10. The Morgan fingerprint density at radius 2 is 1.81 bits per heavy atom. The minimum atomic E-state index is -1.52. The van der Waals surface area contributed by atoms with Crippen molar-refractivity contribution in [3.05, 3.63) is 52.8 Å². The lowest BCUT2D eigenvalue weighted by Crippen LogP contribution is -2.60. The predicted molar refractivity (Wildman–Crippen MR) is 135 cm³/mol. The van der Waals surface area contributed by atoms with Gasteiger partial charge in [-0.25, -0.2) is 0 Å². The number of carbonyl (C=O) groups excluding carboxylic acids is 1. The minimum Gasteiger partial charge on any atom is -0.463 e. The van der Waals surface area contributed by atoms with Gasteiger partial charge in [0.2, 0.25) is 6.29 Å². The molecule has 1 aromatic carbocycles. The first kappa shape index (κ1) is 27.6. The van der Waals surface area contributed by atoms with Crippen molar-refractivity contribution in [3.63, 3.8) is 0 Å². The Morgan fingerprint density at radius 3 is 2.46 bits per heavy atom. The lowest BCUT2D eigenvalue weighted by molar-refractivity contribution is -0.278. The van der Waals surface area contributed by atoms with Crippen LogP contribution < -0.4 is 4.74 Å². The van der Waals surface area contributed by atoms with Crippen LogP contribution in [-0.4, -0.2) is 76.4 Å². The lowest BCUT2D eigenvalue weighted by atomic mass is 9.99. The molecule has 9 heteroatoms. The van der Waals surface area contributed by atoms with E-state index in [0.29, 0.717) is 31.8 Å². The van der Waals surface area contributed by atoms with E-state index in [9.17, 15) is 20.1 Å². The number of benzene rings is 1. The van der Waals surface area contributed by atoms with Crippen LogP contribution in [0.5, 0.6) is 5.75 Å². The maximum absolute atomic E-state index is 11.8. The number of hydrogen-bond donors (Lipinski definition) is 3. The molecule has 4 rings (SSSR count). The number of aliphatic hydroxyl groups is 3. The Hall–Kier alpha value is -2.43. The third-order valence-corrected chi connectivity index (χ3v) is 7.26. The van der Waals surface area contributed by atoms with Crippen LogP contribution in [0.1, 0.15) is 61.5 Å². The van der Waals surface area contributed by atoms with Crippen LogP contribution in [-0.2, 0) is 31.8 Å². The Bertz CT molecular complexity index is 1030. The summed E-state index contributed by atoms with van der Waals surface area (Å²) in [6.07, 6.45) is -1.51. The highest BCUT2D eigenvalue weighted by molar-refractivity contribution is 5.69. The van der Waals surface area contributed by atoms with E-state index in [1.807, 2.05) is 20.0 Å². The van der Waals surface area contributed by atoms with E-state index in [-0.39, 0.29) is 19.1 Å². The number of aliphatic hydroxyl groups excluding tert-OH is 3. The Labute approximate surface area is 217 Å². The zero-order valence-electron chi connectivity index (χ0n) is 21.8. The van der Waals surface area contributed by atoms with Crippen molar-refractivity contribution in [1.82, 2.24) is 4.57 Å². The Morgan fingerprint density at radius 1 is 1.08 bits per heavy atom. The Kier molecular flexibility index (Phi) is 9.26. The molecule has 6 atom stereocenters. The summed E-state index contributed by atoms with van der Waals surface area (Å²) in [4.78, 5) is 11.8. The molecule has 1 aromatic heterocycles. The quantitative estimate of drug-likeness (QED) is 0.411. The van der Waals surface area contributed by atoms with E-state index in [0.717, 1.165) is 29.7 Å². The second kappa shape index (κ2) is 12.4. The van der Waals surface area contributed by atoms with Gasteiger partial charge >= 0.3 is 5.97 Å². The van der Waals surface area contributed by atoms with E-state index < -0.39 is 36.7 Å². The van der Waals surface area contributed by atoms with Crippen molar-refractivity contribution >= 4 is 5.97 Å². The van der Waals surface area contributed by atoms with Crippen molar-refractivity contribution in [2.75, 3.05) is 19.8 Å². The molecule has 0 bridgehead atoms. The second-order valence-corrected chi connectivity index (χ2v) is 9.89. The van der Waals surface area contributed by atoms with Crippen LogP contribution in [0.25, 0.3) is 0 Å². The maximum atomic E-state index is 11.8. The SMILES string of the molecule is CCCC(=O)OC[C@H]1O[C@@H](Oc2cn(C3CCOC3)c(C)c2Cc2ccc(CC)cc2)[C@H](O)[C@@H](O)[C@@H]1O. The topological polar surface area (TPSA) is 120 Å². The van der Waals surface area contributed by atoms with E-state index in [1.54, 1.807) is 0 Å². The third kappa shape index (κ3) is 6.35. The van der Waals surface area contributed by atoms with E-state index in [2.05, 4.69) is 35.8 Å².